The van der Waals surface area contributed by atoms with Crippen LogP contribution in [0.5, 0.6) is 0 Å². The standard InChI is InChI=1S/C18H20N6O/c1-13-12-22(2)17(21-13)15-5-3-9-23(15)18(25)14-6-7-16(19-11-14)24-10-4-8-20-24/h4,6-8,10-12,15H,3,5,9H2,1-2H3/t15-/m0/s1. The van der Waals surface area contributed by atoms with Crippen molar-refractivity contribution in [1.82, 2.24) is 29.2 Å². The van der Waals surface area contributed by atoms with Gasteiger partial charge >= 0.3 is 0 Å². The van der Waals surface area contributed by atoms with Crippen molar-refractivity contribution in [2.75, 3.05) is 6.54 Å². The van der Waals surface area contributed by atoms with E-state index < -0.39 is 0 Å². The first-order chi connectivity index (χ1) is 12.1. The highest BCUT2D eigenvalue weighted by Gasteiger charge is 2.33. The molecule has 128 valence electrons. The summed E-state index contributed by atoms with van der Waals surface area (Å²) in [5.41, 5.74) is 1.57. The van der Waals surface area contributed by atoms with Crippen molar-refractivity contribution in [1.29, 1.82) is 0 Å². The molecule has 7 heteroatoms. The summed E-state index contributed by atoms with van der Waals surface area (Å²) in [4.78, 5) is 23.9. The first-order valence-electron chi connectivity index (χ1n) is 8.40. The van der Waals surface area contributed by atoms with Gasteiger partial charge in [-0.2, -0.15) is 5.10 Å². The van der Waals surface area contributed by atoms with Crippen LogP contribution in [0.25, 0.3) is 5.82 Å². The van der Waals surface area contributed by atoms with Gasteiger partial charge < -0.3 is 9.47 Å². The van der Waals surface area contributed by atoms with Gasteiger partial charge in [-0.1, -0.05) is 0 Å². The minimum atomic E-state index is 0.00247. The molecule has 0 aromatic carbocycles. The lowest BCUT2D eigenvalue weighted by molar-refractivity contribution is 0.0727. The van der Waals surface area contributed by atoms with Gasteiger partial charge in [0.1, 0.15) is 5.82 Å². The third-order valence-electron chi connectivity index (χ3n) is 4.58. The third kappa shape index (κ3) is 2.82. The number of carbonyl (C=O) groups is 1. The maximum Gasteiger partial charge on any atom is 0.256 e. The average molecular weight is 336 g/mol. The van der Waals surface area contributed by atoms with Gasteiger partial charge in [-0.25, -0.2) is 14.6 Å². The Labute approximate surface area is 145 Å². The largest absolute Gasteiger partial charge is 0.336 e. The number of likely N-dealkylation sites (tertiary alicyclic amines) is 1. The maximum absolute atomic E-state index is 13.0. The van der Waals surface area contributed by atoms with E-state index >= 15 is 0 Å². The number of hydrogen-bond acceptors (Lipinski definition) is 4. The second-order valence-electron chi connectivity index (χ2n) is 6.36. The Kier molecular flexibility index (Phi) is 3.83. The lowest BCUT2D eigenvalue weighted by Crippen LogP contribution is -2.32. The van der Waals surface area contributed by atoms with Gasteiger partial charge in [0, 0.05) is 38.4 Å². The number of imidazole rings is 1. The van der Waals surface area contributed by atoms with Crippen LogP contribution in [0.3, 0.4) is 0 Å². The van der Waals surface area contributed by atoms with E-state index in [-0.39, 0.29) is 11.9 Å². The quantitative estimate of drug-likeness (QED) is 0.736. The average Bonchev–Trinajstić information content (AvgIpc) is 3.35. The molecule has 1 aliphatic rings. The molecular formula is C18H20N6O. The van der Waals surface area contributed by atoms with Crippen molar-refractivity contribution in [3.05, 3.63) is 60.1 Å². The van der Waals surface area contributed by atoms with Gasteiger partial charge in [0.15, 0.2) is 5.82 Å². The Morgan fingerprint density at radius 1 is 1.32 bits per heavy atom. The number of carbonyl (C=O) groups excluding carboxylic acids is 1. The second kappa shape index (κ2) is 6.16. The molecule has 0 spiro atoms. The summed E-state index contributed by atoms with van der Waals surface area (Å²) in [5.74, 6) is 1.64. The van der Waals surface area contributed by atoms with Crippen molar-refractivity contribution in [3.8, 4) is 5.82 Å². The van der Waals surface area contributed by atoms with Crippen molar-refractivity contribution >= 4 is 5.91 Å². The molecule has 3 aromatic heterocycles. The smallest absolute Gasteiger partial charge is 0.256 e. The molecule has 0 unspecified atom stereocenters. The lowest BCUT2D eigenvalue weighted by atomic mass is 10.2. The SMILES string of the molecule is Cc1cn(C)c([C@@H]2CCCN2C(=O)c2ccc(-n3cccn3)nc2)n1. The van der Waals surface area contributed by atoms with Gasteiger partial charge in [0.2, 0.25) is 0 Å². The minimum Gasteiger partial charge on any atom is -0.336 e. The number of rotatable bonds is 3. The topological polar surface area (TPSA) is 68.8 Å². The van der Waals surface area contributed by atoms with Gasteiger partial charge in [0.05, 0.1) is 17.3 Å². The normalized spacial score (nSPS) is 17.2. The minimum absolute atomic E-state index is 0.00247. The Morgan fingerprint density at radius 2 is 2.20 bits per heavy atom. The first kappa shape index (κ1) is 15.6. The highest BCUT2D eigenvalue weighted by Crippen LogP contribution is 2.32. The van der Waals surface area contributed by atoms with Crippen molar-refractivity contribution in [2.45, 2.75) is 25.8 Å². The fraction of sp³-hybridized carbons (Fsp3) is 0.333. The van der Waals surface area contributed by atoms with Gasteiger partial charge in [-0.05, 0) is 38.0 Å². The number of pyridine rings is 1. The Balaban J connectivity index is 1.58. The summed E-state index contributed by atoms with van der Waals surface area (Å²) in [6.45, 7) is 2.72. The molecule has 0 radical (unpaired) electrons. The molecule has 4 rings (SSSR count). The Hall–Kier alpha value is -2.96. The summed E-state index contributed by atoms with van der Waals surface area (Å²) in [6, 6.07) is 5.49. The molecule has 1 fully saturated rings. The summed E-state index contributed by atoms with van der Waals surface area (Å²) in [7, 11) is 1.98. The lowest BCUT2D eigenvalue weighted by Gasteiger charge is -2.24. The molecule has 1 amide bonds. The molecule has 4 heterocycles. The molecule has 0 N–H and O–H groups in total. The van der Waals surface area contributed by atoms with Gasteiger partial charge in [-0.3, -0.25) is 4.79 Å². The first-order valence-corrected chi connectivity index (χ1v) is 8.40. The molecule has 0 bridgehead atoms. The molecule has 1 atom stereocenters. The fourth-order valence-electron chi connectivity index (χ4n) is 3.44. The van der Waals surface area contributed by atoms with E-state index in [1.54, 1.807) is 17.1 Å². The highest BCUT2D eigenvalue weighted by atomic mass is 16.2. The van der Waals surface area contributed by atoms with E-state index in [0.29, 0.717) is 11.4 Å². The molecule has 25 heavy (non-hydrogen) atoms. The van der Waals surface area contributed by atoms with Crippen LogP contribution < -0.4 is 0 Å². The van der Waals surface area contributed by atoms with Crippen LogP contribution in [0.15, 0.2) is 43.0 Å². The maximum atomic E-state index is 13.0. The summed E-state index contributed by atoms with van der Waals surface area (Å²) >= 11 is 0. The Morgan fingerprint density at radius 3 is 2.84 bits per heavy atom. The predicted octanol–water partition coefficient (Wildman–Crippen LogP) is 2.29. The molecule has 7 nitrogen and oxygen atoms in total. The fourth-order valence-corrected chi connectivity index (χ4v) is 3.44. The van der Waals surface area contributed by atoms with Crippen LogP contribution in [0.1, 0.15) is 40.8 Å². The summed E-state index contributed by atoms with van der Waals surface area (Å²) in [6.07, 6.45) is 9.07. The van der Waals surface area contributed by atoms with E-state index in [9.17, 15) is 4.79 Å². The van der Waals surface area contributed by atoms with E-state index in [2.05, 4.69) is 15.1 Å². The van der Waals surface area contributed by atoms with Crippen LogP contribution in [0, 0.1) is 6.92 Å². The zero-order valence-corrected chi connectivity index (χ0v) is 14.3. The summed E-state index contributed by atoms with van der Waals surface area (Å²) in [5, 5.41) is 4.15. The molecular weight excluding hydrogens is 316 g/mol. The van der Waals surface area contributed by atoms with E-state index in [4.69, 9.17) is 0 Å². The second-order valence-corrected chi connectivity index (χ2v) is 6.36. The molecule has 0 aliphatic carbocycles. The molecule has 1 aliphatic heterocycles. The highest BCUT2D eigenvalue weighted by molar-refractivity contribution is 5.94. The Bertz CT molecular complexity index is 881. The van der Waals surface area contributed by atoms with E-state index in [1.807, 2.05) is 54.0 Å². The van der Waals surface area contributed by atoms with Gasteiger partial charge in [0.25, 0.3) is 5.91 Å². The van der Waals surface area contributed by atoms with E-state index in [0.717, 1.165) is 30.9 Å². The van der Waals surface area contributed by atoms with Crippen LogP contribution >= 0.6 is 0 Å². The van der Waals surface area contributed by atoms with Crippen molar-refractivity contribution in [2.24, 2.45) is 7.05 Å². The number of aryl methyl sites for hydroxylation is 2. The number of amides is 1. The number of hydrogen-bond donors (Lipinski definition) is 0. The summed E-state index contributed by atoms with van der Waals surface area (Å²) < 4.78 is 3.69. The predicted molar refractivity (Wildman–Crippen MR) is 92.3 cm³/mol. The van der Waals surface area contributed by atoms with Gasteiger partial charge in [-0.15, -0.1) is 0 Å². The van der Waals surface area contributed by atoms with Crippen LogP contribution in [0.4, 0.5) is 0 Å². The molecule has 3 aromatic rings. The van der Waals surface area contributed by atoms with Crippen LogP contribution in [-0.2, 0) is 7.05 Å². The van der Waals surface area contributed by atoms with E-state index in [1.165, 1.54) is 0 Å². The number of aromatic nitrogens is 5. The molecule has 1 saturated heterocycles. The zero-order valence-electron chi connectivity index (χ0n) is 14.3. The number of nitrogens with zero attached hydrogens (tertiary/aromatic N) is 6. The van der Waals surface area contributed by atoms with Crippen LogP contribution in [-0.4, -0.2) is 41.7 Å². The third-order valence-corrected chi connectivity index (χ3v) is 4.58. The molecule has 0 saturated carbocycles. The van der Waals surface area contributed by atoms with Crippen molar-refractivity contribution in [3.63, 3.8) is 0 Å². The van der Waals surface area contributed by atoms with Crippen molar-refractivity contribution < 1.29 is 4.79 Å². The monoisotopic (exact) mass is 336 g/mol. The zero-order chi connectivity index (χ0) is 17.4. The van der Waals surface area contributed by atoms with Crippen LogP contribution in [0.2, 0.25) is 0 Å².